The van der Waals surface area contributed by atoms with Crippen LogP contribution in [0.1, 0.15) is 24.1 Å². The summed E-state index contributed by atoms with van der Waals surface area (Å²) in [6.45, 7) is 0. The predicted molar refractivity (Wildman–Crippen MR) is 76.4 cm³/mol. The molecule has 1 aliphatic rings. The third-order valence-corrected chi connectivity index (χ3v) is 5.77. The minimum atomic E-state index is -0.154. The Kier molecular flexibility index (Phi) is 5.20. The Bertz CT molecular complexity index is 321. The highest BCUT2D eigenvalue weighted by atomic mass is 79.9. The van der Waals surface area contributed by atoms with Crippen molar-refractivity contribution in [2.75, 3.05) is 11.5 Å². The molecule has 1 unspecified atom stereocenters. The van der Waals surface area contributed by atoms with Gasteiger partial charge in [0.15, 0.2) is 0 Å². The van der Waals surface area contributed by atoms with Gasteiger partial charge in [0.1, 0.15) is 0 Å². The van der Waals surface area contributed by atoms with Gasteiger partial charge in [-0.05, 0) is 58.7 Å². The van der Waals surface area contributed by atoms with Crippen LogP contribution in [-0.4, -0.2) is 22.7 Å². The van der Waals surface area contributed by atoms with Crippen molar-refractivity contribution in [2.45, 2.75) is 31.8 Å². The first-order valence-electron chi connectivity index (χ1n) is 5.73. The normalized spacial score (nSPS) is 19.9. The number of aliphatic hydroxyl groups excluding tert-OH is 1. The summed E-state index contributed by atoms with van der Waals surface area (Å²) in [5, 5.41) is 12.1. The summed E-state index contributed by atoms with van der Waals surface area (Å²) < 4.78 is 1.13. The van der Waals surface area contributed by atoms with Crippen LogP contribution in [0, 0.1) is 5.92 Å². The second-order valence-electron chi connectivity index (χ2n) is 4.38. The smallest absolute Gasteiger partial charge is 0.0591 e. The fourth-order valence-electron chi connectivity index (χ4n) is 2.14. The minimum Gasteiger partial charge on any atom is -0.393 e. The van der Waals surface area contributed by atoms with E-state index in [-0.39, 0.29) is 6.10 Å². The molecule has 0 aliphatic carbocycles. The zero-order chi connectivity index (χ0) is 11.4. The van der Waals surface area contributed by atoms with E-state index in [0.717, 1.165) is 23.2 Å². The highest BCUT2D eigenvalue weighted by molar-refractivity contribution is 9.10. The van der Waals surface area contributed by atoms with Crippen LogP contribution in [0.2, 0.25) is 0 Å². The minimum absolute atomic E-state index is 0.154. The van der Waals surface area contributed by atoms with E-state index < -0.39 is 0 Å². The van der Waals surface area contributed by atoms with E-state index in [4.69, 9.17) is 0 Å². The fourth-order valence-corrected chi connectivity index (χ4v) is 4.87. The molecule has 0 aromatic carbocycles. The molecule has 1 aromatic rings. The lowest BCUT2D eigenvalue weighted by Crippen LogP contribution is -2.19. The highest BCUT2D eigenvalue weighted by Gasteiger charge is 2.18. The molecule has 2 heterocycles. The maximum absolute atomic E-state index is 10.0. The molecule has 1 N–H and O–H groups in total. The van der Waals surface area contributed by atoms with Gasteiger partial charge in [0.05, 0.1) is 6.10 Å². The third-order valence-electron chi connectivity index (χ3n) is 3.00. The summed E-state index contributed by atoms with van der Waals surface area (Å²) in [6.07, 6.45) is 4.22. The number of hydrogen-bond acceptors (Lipinski definition) is 3. The van der Waals surface area contributed by atoms with E-state index in [9.17, 15) is 5.11 Å². The number of hydrogen-bond donors (Lipinski definition) is 1. The summed E-state index contributed by atoms with van der Waals surface area (Å²) in [5.74, 6) is 3.31. The molecular formula is C12H17BrOS2. The first kappa shape index (κ1) is 12.9. The molecule has 0 bridgehead atoms. The lowest BCUT2D eigenvalue weighted by atomic mass is 9.94. The van der Waals surface area contributed by atoms with Gasteiger partial charge in [-0.2, -0.15) is 11.8 Å². The van der Waals surface area contributed by atoms with E-state index in [0.29, 0.717) is 0 Å². The van der Waals surface area contributed by atoms with Gasteiger partial charge < -0.3 is 5.11 Å². The molecule has 16 heavy (non-hydrogen) atoms. The third kappa shape index (κ3) is 4.06. The fraction of sp³-hybridized carbons (Fsp3) is 0.667. The quantitative estimate of drug-likeness (QED) is 0.906. The van der Waals surface area contributed by atoms with Gasteiger partial charge in [0.2, 0.25) is 0 Å². The van der Waals surface area contributed by atoms with E-state index in [1.807, 2.05) is 11.8 Å². The Hall–Kier alpha value is 0.490. The standard InChI is InChI=1S/C12H17BrOS2/c13-10-6-12(16-8-10)7-11(14)5-9-1-3-15-4-2-9/h6,8-9,11,14H,1-5,7H2. The molecule has 4 heteroatoms. The van der Waals surface area contributed by atoms with Gasteiger partial charge in [-0.3, -0.25) is 0 Å². The summed E-state index contributed by atoms with van der Waals surface area (Å²) in [7, 11) is 0. The Labute approximate surface area is 114 Å². The first-order chi connectivity index (χ1) is 7.74. The summed E-state index contributed by atoms with van der Waals surface area (Å²) in [6, 6.07) is 2.12. The number of thioether (sulfide) groups is 1. The molecule has 1 nitrogen and oxygen atoms in total. The van der Waals surface area contributed by atoms with Crippen LogP contribution < -0.4 is 0 Å². The van der Waals surface area contributed by atoms with Crippen LogP contribution in [0.15, 0.2) is 15.9 Å². The van der Waals surface area contributed by atoms with Gasteiger partial charge in [-0.1, -0.05) is 0 Å². The summed E-state index contributed by atoms with van der Waals surface area (Å²) in [4.78, 5) is 1.28. The largest absolute Gasteiger partial charge is 0.393 e. The summed E-state index contributed by atoms with van der Waals surface area (Å²) in [5.41, 5.74) is 0. The molecule has 1 aromatic heterocycles. The van der Waals surface area contributed by atoms with E-state index in [1.54, 1.807) is 11.3 Å². The van der Waals surface area contributed by atoms with Crippen LogP contribution in [0.4, 0.5) is 0 Å². The molecular weight excluding hydrogens is 304 g/mol. The Morgan fingerprint density at radius 1 is 1.44 bits per heavy atom. The second kappa shape index (κ2) is 6.43. The molecule has 1 aliphatic heterocycles. The van der Waals surface area contributed by atoms with Crippen LogP contribution >= 0.6 is 39.0 Å². The van der Waals surface area contributed by atoms with Crippen LogP contribution in [0.3, 0.4) is 0 Å². The first-order valence-corrected chi connectivity index (χ1v) is 8.55. The van der Waals surface area contributed by atoms with Gasteiger partial charge in [0, 0.05) is 21.2 Å². The lowest BCUT2D eigenvalue weighted by Gasteiger charge is -2.23. The van der Waals surface area contributed by atoms with Gasteiger partial charge in [0.25, 0.3) is 0 Å². The van der Waals surface area contributed by atoms with Crippen molar-refractivity contribution < 1.29 is 5.11 Å². The maximum atomic E-state index is 10.0. The van der Waals surface area contributed by atoms with Crippen molar-refractivity contribution in [1.29, 1.82) is 0 Å². The molecule has 2 rings (SSSR count). The Morgan fingerprint density at radius 3 is 2.81 bits per heavy atom. The van der Waals surface area contributed by atoms with E-state index in [2.05, 4.69) is 27.4 Å². The predicted octanol–water partition coefficient (Wildman–Crippen LogP) is 3.95. The Morgan fingerprint density at radius 2 is 2.19 bits per heavy atom. The average Bonchev–Trinajstić information content (AvgIpc) is 2.65. The second-order valence-corrected chi connectivity index (χ2v) is 7.52. The van der Waals surface area contributed by atoms with Crippen molar-refractivity contribution >= 4 is 39.0 Å². The summed E-state index contributed by atoms with van der Waals surface area (Å²) >= 11 is 7.22. The molecule has 0 saturated carbocycles. The average molecular weight is 321 g/mol. The van der Waals surface area contributed by atoms with E-state index >= 15 is 0 Å². The molecule has 0 amide bonds. The van der Waals surface area contributed by atoms with Gasteiger partial charge in [-0.25, -0.2) is 0 Å². The Balaban J connectivity index is 1.77. The number of rotatable bonds is 4. The molecule has 1 fully saturated rings. The molecule has 90 valence electrons. The van der Waals surface area contributed by atoms with Gasteiger partial charge in [-0.15, -0.1) is 11.3 Å². The highest BCUT2D eigenvalue weighted by Crippen LogP contribution is 2.28. The van der Waals surface area contributed by atoms with Crippen molar-refractivity contribution in [3.8, 4) is 0 Å². The molecule has 0 spiro atoms. The number of aliphatic hydroxyl groups is 1. The molecule has 1 atom stereocenters. The SMILES string of the molecule is OC(Cc1cc(Br)cs1)CC1CCSCC1. The monoisotopic (exact) mass is 320 g/mol. The number of thiophene rings is 1. The van der Waals surface area contributed by atoms with Crippen molar-refractivity contribution in [3.63, 3.8) is 0 Å². The zero-order valence-corrected chi connectivity index (χ0v) is 12.4. The molecule has 0 radical (unpaired) electrons. The van der Waals surface area contributed by atoms with E-state index in [1.165, 1.54) is 29.2 Å². The maximum Gasteiger partial charge on any atom is 0.0591 e. The van der Waals surface area contributed by atoms with Gasteiger partial charge >= 0.3 is 0 Å². The number of halogens is 1. The van der Waals surface area contributed by atoms with Crippen molar-refractivity contribution in [3.05, 3.63) is 20.8 Å². The van der Waals surface area contributed by atoms with Crippen molar-refractivity contribution in [1.82, 2.24) is 0 Å². The lowest BCUT2D eigenvalue weighted by molar-refractivity contribution is 0.140. The zero-order valence-electron chi connectivity index (χ0n) is 9.19. The van der Waals surface area contributed by atoms with Crippen LogP contribution in [0.5, 0.6) is 0 Å². The van der Waals surface area contributed by atoms with Crippen LogP contribution in [-0.2, 0) is 6.42 Å². The van der Waals surface area contributed by atoms with Crippen molar-refractivity contribution in [2.24, 2.45) is 5.92 Å². The topological polar surface area (TPSA) is 20.2 Å². The van der Waals surface area contributed by atoms with Crippen LogP contribution in [0.25, 0.3) is 0 Å². The molecule has 1 saturated heterocycles.